The number of pyridine rings is 1. The van der Waals surface area contributed by atoms with Gasteiger partial charge in [0, 0.05) is 31.2 Å². The minimum Gasteiger partial charge on any atom is -0.479 e. The highest BCUT2D eigenvalue weighted by Crippen LogP contribution is 2.30. The largest absolute Gasteiger partial charge is 0.479 e. The quantitative estimate of drug-likeness (QED) is 0.810. The third-order valence-corrected chi connectivity index (χ3v) is 3.25. The van der Waals surface area contributed by atoms with Crippen LogP contribution in [0.5, 0.6) is 0 Å². The summed E-state index contributed by atoms with van der Waals surface area (Å²) in [5.74, 6) is -2.61. The number of hydrogen-bond donors (Lipinski definition) is 1. The average Bonchev–Trinajstić information content (AvgIpc) is 2.97. The molecule has 1 N–H and O–H groups in total. The first-order valence-electron chi connectivity index (χ1n) is 6.04. The minimum atomic E-state index is -1.41. The summed E-state index contributed by atoms with van der Waals surface area (Å²) in [6, 6.07) is -0.0105. The third-order valence-electron chi connectivity index (χ3n) is 3.25. The maximum Gasteiger partial charge on any atom is 0.331 e. The van der Waals surface area contributed by atoms with Gasteiger partial charge in [0.1, 0.15) is 0 Å². The fourth-order valence-electron chi connectivity index (χ4n) is 2.32. The summed E-state index contributed by atoms with van der Waals surface area (Å²) < 4.78 is 1.41. The van der Waals surface area contributed by atoms with E-state index in [1.54, 1.807) is 7.05 Å². The first kappa shape index (κ1) is 13.0. The number of fused-ring (bicyclic) bond motifs is 1. The Morgan fingerprint density at radius 1 is 1.24 bits per heavy atom. The Kier molecular flexibility index (Phi) is 2.79. The molecule has 21 heavy (non-hydrogen) atoms. The Morgan fingerprint density at radius 3 is 2.52 bits per heavy atom. The summed E-state index contributed by atoms with van der Waals surface area (Å²) in [4.78, 5) is 40.7. The Hall–Kier alpha value is -3.03. The van der Waals surface area contributed by atoms with Crippen LogP contribution >= 0.6 is 0 Å². The van der Waals surface area contributed by atoms with Gasteiger partial charge in [-0.25, -0.2) is 4.79 Å². The van der Waals surface area contributed by atoms with Gasteiger partial charge < -0.3 is 5.11 Å². The molecule has 8 heteroatoms. The number of rotatable bonds is 3. The Balaban J connectivity index is 2.09. The first-order valence-corrected chi connectivity index (χ1v) is 6.04. The molecule has 0 radical (unpaired) electrons. The molecular formula is C13H10N4O4. The van der Waals surface area contributed by atoms with Crippen molar-refractivity contribution >= 4 is 17.8 Å². The molecule has 2 aromatic heterocycles. The molecule has 1 aliphatic heterocycles. The van der Waals surface area contributed by atoms with Crippen LogP contribution in [0.25, 0.3) is 0 Å². The zero-order valence-corrected chi connectivity index (χ0v) is 10.9. The van der Waals surface area contributed by atoms with Gasteiger partial charge in [-0.2, -0.15) is 5.10 Å². The van der Waals surface area contributed by atoms with Gasteiger partial charge in [-0.05, 0) is 6.07 Å². The van der Waals surface area contributed by atoms with E-state index in [-0.39, 0.29) is 16.7 Å². The molecule has 1 atom stereocenters. The number of carboxylic acids is 1. The molecule has 0 aromatic carbocycles. The van der Waals surface area contributed by atoms with Crippen molar-refractivity contribution in [2.24, 2.45) is 7.05 Å². The Bertz CT molecular complexity index is 732. The molecule has 1 unspecified atom stereocenters. The molecule has 2 aromatic rings. The van der Waals surface area contributed by atoms with E-state index < -0.39 is 23.8 Å². The van der Waals surface area contributed by atoms with Crippen LogP contribution < -0.4 is 0 Å². The normalized spacial score (nSPS) is 15.2. The summed E-state index contributed by atoms with van der Waals surface area (Å²) >= 11 is 0. The summed E-state index contributed by atoms with van der Waals surface area (Å²) in [6.45, 7) is 0. The van der Waals surface area contributed by atoms with Crippen LogP contribution in [-0.4, -0.2) is 42.6 Å². The minimum absolute atomic E-state index is 0.109. The summed E-state index contributed by atoms with van der Waals surface area (Å²) in [5.41, 5.74) is 0.523. The van der Waals surface area contributed by atoms with E-state index in [1.165, 1.54) is 35.5 Å². The topological polar surface area (TPSA) is 105 Å². The number of nitrogens with zero attached hydrogens (tertiary/aromatic N) is 4. The van der Waals surface area contributed by atoms with Crippen LogP contribution in [-0.2, 0) is 11.8 Å². The van der Waals surface area contributed by atoms with Crippen LogP contribution in [0.3, 0.4) is 0 Å². The van der Waals surface area contributed by atoms with Gasteiger partial charge in [-0.15, -0.1) is 0 Å². The lowest BCUT2D eigenvalue weighted by Gasteiger charge is -2.21. The predicted octanol–water partition coefficient (Wildman–Crippen LogP) is 0.237. The second-order valence-electron chi connectivity index (χ2n) is 4.59. The second-order valence-corrected chi connectivity index (χ2v) is 4.59. The Morgan fingerprint density at radius 2 is 1.95 bits per heavy atom. The lowest BCUT2D eigenvalue weighted by Crippen LogP contribution is -2.38. The van der Waals surface area contributed by atoms with E-state index in [0.29, 0.717) is 0 Å². The number of hydrogen-bond acceptors (Lipinski definition) is 5. The van der Waals surface area contributed by atoms with Crippen LogP contribution in [0.1, 0.15) is 32.3 Å². The Labute approximate surface area is 118 Å². The van der Waals surface area contributed by atoms with E-state index in [1.807, 2.05) is 0 Å². The molecule has 0 spiro atoms. The van der Waals surface area contributed by atoms with E-state index >= 15 is 0 Å². The molecule has 106 valence electrons. The van der Waals surface area contributed by atoms with Gasteiger partial charge in [0.15, 0.2) is 6.04 Å². The van der Waals surface area contributed by atoms with Crippen LogP contribution in [0, 0.1) is 0 Å². The number of aryl methyl sites for hydroxylation is 1. The van der Waals surface area contributed by atoms with E-state index in [9.17, 15) is 19.5 Å². The van der Waals surface area contributed by atoms with Gasteiger partial charge in [0.2, 0.25) is 0 Å². The summed E-state index contributed by atoms with van der Waals surface area (Å²) in [6.07, 6.45) is 5.42. The lowest BCUT2D eigenvalue weighted by atomic mass is 10.1. The third kappa shape index (κ3) is 1.88. The maximum absolute atomic E-state index is 12.3. The SMILES string of the molecule is Cn1cc(C(C(=O)O)N2C(=O)c3ccncc3C2=O)cn1. The van der Waals surface area contributed by atoms with E-state index in [2.05, 4.69) is 10.1 Å². The van der Waals surface area contributed by atoms with Crippen LogP contribution in [0.15, 0.2) is 30.9 Å². The number of imide groups is 1. The fourth-order valence-corrected chi connectivity index (χ4v) is 2.32. The maximum atomic E-state index is 12.3. The number of aromatic nitrogens is 3. The van der Waals surface area contributed by atoms with E-state index in [0.717, 1.165) is 4.90 Å². The predicted molar refractivity (Wildman–Crippen MR) is 68.3 cm³/mol. The summed E-state index contributed by atoms with van der Waals surface area (Å²) in [7, 11) is 1.62. The highest BCUT2D eigenvalue weighted by molar-refractivity contribution is 6.22. The molecular weight excluding hydrogens is 276 g/mol. The lowest BCUT2D eigenvalue weighted by molar-refractivity contribution is -0.141. The number of carbonyl (C=O) groups excluding carboxylic acids is 2. The van der Waals surface area contributed by atoms with Gasteiger partial charge in [0.25, 0.3) is 11.8 Å². The van der Waals surface area contributed by atoms with Crippen molar-refractivity contribution in [1.29, 1.82) is 0 Å². The molecule has 0 bridgehead atoms. The van der Waals surface area contributed by atoms with Gasteiger partial charge in [0.05, 0.1) is 17.3 Å². The smallest absolute Gasteiger partial charge is 0.331 e. The zero-order chi connectivity index (χ0) is 15.1. The average molecular weight is 286 g/mol. The van der Waals surface area contributed by atoms with Crippen molar-refractivity contribution in [3.8, 4) is 0 Å². The first-order chi connectivity index (χ1) is 10.0. The van der Waals surface area contributed by atoms with Crippen molar-refractivity contribution in [2.45, 2.75) is 6.04 Å². The van der Waals surface area contributed by atoms with E-state index in [4.69, 9.17) is 0 Å². The number of carboxylic acid groups (broad SMARTS) is 1. The van der Waals surface area contributed by atoms with Gasteiger partial charge >= 0.3 is 5.97 Å². The molecule has 0 aliphatic carbocycles. The zero-order valence-electron chi connectivity index (χ0n) is 10.9. The highest BCUT2D eigenvalue weighted by Gasteiger charge is 2.44. The van der Waals surface area contributed by atoms with Gasteiger partial charge in [-0.1, -0.05) is 0 Å². The molecule has 8 nitrogen and oxygen atoms in total. The number of carbonyl (C=O) groups is 3. The second kappa shape index (κ2) is 4.51. The summed E-state index contributed by atoms with van der Waals surface area (Å²) in [5, 5.41) is 13.3. The van der Waals surface area contributed by atoms with Gasteiger partial charge in [-0.3, -0.25) is 24.2 Å². The molecule has 0 fully saturated rings. The van der Waals surface area contributed by atoms with Crippen molar-refractivity contribution in [3.63, 3.8) is 0 Å². The molecule has 2 amide bonds. The molecule has 0 saturated heterocycles. The van der Waals surface area contributed by atoms with Crippen LogP contribution in [0.2, 0.25) is 0 Å². The fraction of sp³-hybridized carbons (Fsp3) is 0.154. The molecule has 3 rings (SSSR count). The molecule has 3 heterocycles. The van der Waals surface area contributed by atoms with Crippen LogP contribution in [0.4, 0.5) is 0 Å². The van der Waals surface area contributed by atoms with Crippen molar-refractivity contribution in [1.82, 2.24) is 19.7 Å². The number of amides is 2. The standard InChI is InChI=1S/C13H10N4O4/c1-16-6-7(4-15-16)10(13(20)21)17-11(18)8-2-3-14-5-9(8)12(17)19/h2-6,10H,1H3,(H,20,21). The highest BCUT2D eigenvalue weighted by atomic mass is 16.4. The van der Waals surface area contributed by atoms with Crippen molar-refractivity contribution in [2.75, 3.05) is 0 Å². The number of aliphatic carboxylic acids is 1. The van der Waals surface area contributed by atoms with Crippen molar-refractivity contribution in [3.05, 3.63) is 47.5 Å². The molecule has 0 saturated carbocycles. The molecule has 1 aliphatic rings. The monoisotopic (exact) mass is 286 g/mol. The van der Waals surface area contributed by atoms with Crippen molar-refractivity contribution < 1.29 is 19.5 Å².